The monoisotopic (exact) mass is 478 g/mol. The molecule has 0 aliphatic heterocycles. The zero-order chi connectivity index (χ0) is 24.2. The van der Waals surface area contributed by atoms with Crippen molar-refractivity contribution >= 4 is 35.4 Å². The predicted octanol–water partition coefficient (Wildman–Crippen LogP) is 4.75. The molecule has 0 saturated carbocycles. The molecule has 33 heavy (non-hydrogen) atoms. The lowest BCUT2D eigenvalue weighted by Gasteiger charge is -2.10. The third-order valence-electron chi connectivity index (χ3n) is 4.51. The van der Waals surface area contributed by atoms with E-state index >= 15 is 0 Å². The molecule has 11 heteroatoms. The van der Waals surface area contributed by atoms with Gasteiger partial charge >= 0.3 is 12.1 Å². The summed E-state index contributed by atoms with van der Waals surface area (Å²) in [5.74, 6) is -1.88. The van der Waals surface area contributed by atoms with Gasteiger partial charge in [0.2, 0.25) is 0 Å². The van der Waals surface area contributed by atoms with Gasteiger partial charge in [-0.2, -0.15) is 18.3 Å². The number of anilines is 1. The summed E-state index contributed by atoms with van der Waals surface area (Å²) < 4.78 is 44.6. The first-order chi connectivity index (χ1) is 15.6. The average molecular weight is 479 g/mol. The number of amides is 1. The molecule has 1 aromatic carbocycles. The fraction of sp³-hybridized carbons (Fsp3) is 0.182. The van der Waals surface area contributed by atoms with Crippen LogP contribution in [-0.2, 0) is 20.5 Å². The molecule has 1 amide bonds. The van der Waals surface area contributed by atoms with Crippen molar-refractivity contribution < 1.29 is 27.5 Å². The van der Waals surface area contributed by atoms with Crippen LogP contribution >= 0.6 is 11.6 Å². The summed E-state index contributed by atoms with van der Waals surface area (Å²) in [6.45, 7) is 2.97. The van der Waals surface area contributed by atoms with Crippen molar-refractivity contribution in [1.29, 1.82) is 0 Å². The van der Waals surface area contributed by atoms with E-state index in [-0.39, 0.29) is 5.82 Å². The number of aromatic nitrogens is 3. The number of pyridine rings is 1. The van der Waals surface area contributed by atoms with Crippen LogP contribution in [0.1, 0.15) is 22.5 Å². The summed E-state index contributed by atoms with van der Waals surface area (Å²) in [6.07, 6.45) is -1.39. The van der Waals surface area contributed by atoms with Crippen LogP contribution in [0.3, 0.4) is 0 Å². The van der Waals surface area contributed by atoms with E-state index in [1.54, 1.807) is 11.6 Å². The fourth-order valence-electron chi connectivity index (χ4n) is 2.91. The Morgan fingerprint density at radius 1 is 1.21 bits per heavy atom. The van der Waals surface area contributed by atoms with Crippen molar-refractivity contribution in [2.45, 2.75) is 20.0 Å². The van der Waals surface area contributed by atoms with Gasteiger partial charge in [0.05, 0.1) is 22.0 Å². The quantitative estimate of drug-likeness (QED) is 0.408. The average Bonchev–Trinajstić information content (AvgIpc) is 3.05. The predicted molar refractivity (Wildman–Crippen MR) is 116 cm³/mol. The summed E-state index contributed by atoms with van der Waals surface area (Å²) >= 11 is 5.73. The number of halogens is 4. The van der Waals surface area contributed by atoms with Crippen molar-refractivity contribution in [3.63, 3.8) is 0 Å². The number of esters is 1. The van der Waals surface area contributed by atoms with Gasteiger partial charge < -0.3 is 10.1 Å². The number of hydrogen-bond acceptors (Lipinski definition) is 5. The molecular formula is C22H18ClF3N4O3. The SMILES string of the molecule is Cc1nn(-c2ccccc2)c(C)c1/C=C/C(=O)OCC(=O)Nc1ncc(C(F)(F)F)cc1Cl. The molecule has 0 fully saturated rings. The van der Waals surface area contributed by atoms with Gasteiger partial charge in [-0.3, -0.25) is 4.79 Å². The Morgan fingerprint density at radius 2 is 1.91 bits per heavy atom. The van der Waals surface area contributed by atoms with Gasteiger partial charge in [0.15, 0.2) is 12.4 Å². The largest absolute Gasteiger partial charge is 0.452 e. The van der Waals surface area contributed by atoms with Gasteiger partial charge in [-0.1, -0.05) is 29.8 Å². The van der Waals surface area contributed by atoms with E-state index in [2.05, 4.69) is 15.4 Å². The second-order valence-corrected chi connectivity index (χ2v) is 7.28. The first kappa shape index (κ1) is 24.0. The Labute approximate surface area is 191 Å². The second-order valence-electron chi connectivity index (χ2n) is 6.87. The van der Waals surface area contributed by atoms with E-state index < -0.39 is 35.2 Å². The number of aryl methyl sites for hydroxylation is 1. The molecule has 0 aliphatic carbocycles. The van der Waals surface area contributed by atoms with E-state index in [1.807, 2.05) is 37.3 Å². The minimum Gasteiger partial charge on any atom is -0.452 e. The highest BCUT2D eigenvalue weighted by atomic mass is 35.5. The minimum atomic E-state index is -4.62. The van der Waals surface area contributed by atoms with Crippen molar-refractivity contribution in [2.75, 3.05) is 11.9 Å². The summed E-state index contributed by atoms with van der Waals surface area (Å²) in [4.78, 5) is 27.4. The van der Waals surface area contributed by atoms with E-state index in [0.717, 1.165) is 23.0 Å². The van der Waals surface area contributed by atoms with E-state index in [4.69, 9.17) is 16.3 Å². The molecule has 0 radical (unpaired) electrons. The van der Waals surface area contributed by atoms with E-state index in [9.17, 15) is 22.8 Å². The molecule has 2 aromatic heterocycles. The summed E-state index contributed by atoms with van der Waals surface area (Å²) in [7, 11) is 0. The number of alkyl halides is 3. The summed E-state index contributed by atoms with van der Waals surface area (Å²) in [5.41, 5.74) is 2.04. The first-order valence-corrected chi connectivity index (χ1v) is 9.93. The second kappa shape index (κ2) is 9.86. The van der Waals surface area contributed by atoms with Crippen molar-refractivity contribution in [2.24, 2.45) is 0 Å². The third kappa shape index (κ3) is 5.98. The maximum atomic E-state index is 12.6. The molecule has 2 heterocycles. The lowest BCUT2D eigenvalue weighted by atomic mass is 10.2. The molecule has 0 bridgehead atoms. The molecule has 172 valence electrons. The number of benzene rings is 1. The Kier molecular flexibility index (Phi) is 7.17. The van der Waals surface area contributed by atoms with Gasteiger partial charge in [0.25, 0.3) is 5.91 Å². The topological polar surface area (TPSA) is 86.1 Å². The Bertz CT molecular complexity index is 1210. The standard InChI is InChI=1S/C22H18ClF3N4O3/c1-13-17(14(2)30(29-13)16-6-4-3-5-7-16)8-9-20(32)33-12-19(31)28-21-18(23)10-15(11-27-21)22(24,25)26/h3-11H,12H2,1-2H3,(H,27,28,31)/b9-8+. The molecule has 1 N–H and O–H groups in total. The summed E-state index contributed by atoms with van der Waals surface area (Å²) in [5, 5.41) is 6.26. The number of carbonyl (C=O) groups is 2. The number of ether oxygens (including phenoxy) is 1. The highest BCUT2D eigenvalue weighted by Gasteiger charge is 2.31. The van der Waals surface area contributed by atoms with Gasteiger partial charge in [-0.15, -0.1) is 0 Å². The molecule has 0 aliphatic rings. The van der Waals surface area contributed by atoms with Crippen LogP contribution in [0.15, 0.2) is 48.7 Å². The highest BCUT2D eigenvalue weighted by molar-refractivity contribution is 6.33. The highest BCUT2D eigenvalue weighted by Crippen LogP contribution is 2.32. The molecule has 0 unspecified atom stereocenters. The zero-order valence-corrected chi connectivity index (χ0v) is 18.2. The molecule has 0 saturated heterocycles. The lowest BCUT2D eigenvalue weighted by Crippen LogP contribution is -2.21. The molecule has 0 spiro atoms. The minimum absolute atomic E-state index is 0.277. The van der Waals surface area contributed by atoms with Crippen LogP contribution in [0.5, 0.6) is 0 Å². The van der Waals surface area contributed by atoms with Crippen molar-refractivity contribution in [3.05, 3.63) is 76.2 Å². The van der Waals surface area contributed by atoms with Crippen LogP contribution in [0.2, 0.25) is 5.02 Å². The maximum Gasteiger partial charge on any atom is 0.417 e. The van der Waals surface area contributed by atoms with Crippen LogP contribution in [0, 0.1) is 13.8 Å². The zero-order valence-electron chi connectivity index (χ0n) is 17.5. The third-order valence-corrected chi connectivity index (χ3v) is 4.79. The Morgan fingerprint density at radius 3 is 2.55 bits per heavy atom. The van der Waals surface area contributed by atoms with Crippen LogP contribution in [0.4, 0.5) is 19.0 Å². The normalized spacial score (nSPS) is 11.6. The van der Waals surface area contributed by atoms with Crippen LogP contribution in [-0.4, -0.2) is 33.2 Å². The van der Waals surface area contributed by atoms with Crippen molar-refractivity contribution in [3.8, 4) is 5.69 Å². The number of nitrogens with one attached hydrogen (secondary N) is 1. The number of rotatable bonds is 6. The van der Waals surface area contributed by atoms with Crippen molar-refractivity contribution in [1.82, 2.24) is 14.8 Å². The smallest absolute Gasteiger partial charge is 0.417 e. The van der Waals surface area contributed by atoms with Crippen LogP contribution in [0.25, 0.3) is 11.8 Å². The number of hydrogen-bond donors (Lipinski definition) is 1. The number of carbonyl (C=O) groups excluding carboxylic acids is 2. The molecular weight excluding hydrogens is 461 g/mol. The maximum absolute atomic E-state index is 12.6. The molecule has 3 aromatic rings. The molecule has 0 atom stereocenters. The van der Waals surface area contributed by atoms with E-state index in [1.165, 1.54) is 6.08 Å². The number of para-hydroxylation sites is 1. The Balaban J connectivity index is 1.59. The number of nitrogens with zero attached hydrogens (tertiary/aromatic N) is 3. The fourth-order valence-corrected chi connectivity index (χ4v) is 3.12. The Hall–Kier alpha value is -3.66. The first-order valence-electron chi connectivity index (χ1n) is 9.55. The van der Waals surface area contributed by atoms with E-state index in [0.29, 0.717) is 18.0 Å². The summed E-state index contributed by atoms with van der Waals surface area (Å²) in [6, 6.07) is 10.1. The molecule has 7 nitrogen and oxygen atoms in total. The van der Waals surface area contributed by atoms with Crippen LogP contribution < -0.4 is 5.32 Å². The van der Waals surface area contributed by atoms with Gasteiger partial charge in [-0.05, 0) is 38.1 Å². The molecule has 3 rings (SSSR count). The van der Waals surface area contributed by atoms with Gasteiger partial charge in [0.1, 0.15) is 0 Å². The van der Waals surface area contributed by atoms with Gasteiger partial charge in [0, 0.05) is 23.5 Å². The lowest BCUT2D eigenvalue weighted by molar-refractivity contribution is -0.142. The van der Waals surface area contributed by atoms with Gasteiger partial charge in [-0.25, -0.2) is 14.5 Å².